The van der Waals surface area contributed by atoms with Gasteiger partial charge in [-0.15, -0.1) is 11.8 Å². The number of rotatable bonds is 8. The Labute approximate surface area is 269 Å². The SMILES string of the molecule is O=C(Nc1ccc(SC2CC(=O)N(c3ccc(I)cc3)C2=O)cc1)/C(=C/c1ccc(Br)cc1)NC(=O)c1ccccc1. The third-order valence-electron chi connectivity index (χ3n) is 6.29. The van der Waals surface area contributed by atoms with Crippen LogP contribution in [0, 0.1) is 3.57 Å². The number of benzene rings is 4. The van der Waals surface area contributed by atoms with Gasteiger partial charge >= 0.3 is 0 Å². The van der Waals surface area contributed by atoms with Crippen LogP contribution >= 0.6 is 50.3 Å². The van der Waals surface area contributed by atoms with Crippen molar-refractivity contribution in [1.29, 1.82) is 0 Å². The van der Waals surface area contributed by atoms with Crippen LogP contribution in [-0.4, -0.2) is 28.9 Å². The molecule has 1 saturated heterocycles. The lowest BCUT2D eigenvalue weighted by Gasteiger charge is -2.15. The fourth-order valence-corrected chi connectivity index (χ4v) is 5.88. The normalized spacial score (nSPS) is 15.0. The number of halogens is 2. The average Bonchev–Trinajstić information content (AvgIpc) is 3.27. The molecule has 5 rings (SSSR count). The molecule has 0 radical (unpaired) electrons. The monoisotopic (exact) mass is 751 g/mol. The summed E-state index contributed by atoms with van der Waals surface area (Å²) >= 11 is 6.88. The van der Waals surface area contributed by atoms with Gasteiger partial charge in [0.25, 0.3) is 11.8 Å². The molecular weight excluding hydrogens is 729 g/mol. The molecule has 10 heteroatoms. The van der Waals surface area contributed by atoms with Crippen LogP contribution in [0.5, 0.6) is 0 Å². The summed E-state index contributed by atoms with van der Waals surface area (Å²) in [6.07, 6.45) is 1.72. The zero-order valence-electron chi connectivity index (χ0n) is 21.9. The Balaban J connectivity index is 1.27. The summed E-state index contributed by atoms with van der Waals surface area (Å²) in [7, 11) is 0. The van der Waals surface area contributed by atoms with E-state index < -0.39 is 17.1 Å². The van der Waals surface area contributed by atoms with Gasteiger partial charge in [-0.1, -0.05) is 46.3 Å². The standard InChI is InChI=1S/C32H23BrIN3O4S/c33-22-8-6-20(7-9-22)18-27(36-30(39)21-4-2-1-3-5-21)31(40)35-24-12-16-26(17-13-24)42-28-19-29(38)37(32(28)41)25-14-10-23(34)11-15-25/h1-18,28H,19H2,(H,35,40)(H,36,39)/b27-18-. The summed E-state index contributed by atoms with van der Waals surface area (Å²) in [5.74, 6) is -1.38. The van der Waals surface area contributed by atoms with Gasteiger partial charge in [0, 0.05) is 30.6 Å². The third-order valence-corrected chi connectivity index (χ3v) is 8.74. The molecule has 4 amide bonds. The summed E-state index contributed by atoms with van der Waals surface area (Å²) in [4.78, 5) is 53.8. The molecule has 4 aromatic rings. The molecule has 0 aromatic heterocycles. The van der Waals surface area contributed by atoms with E-state index in [4.69, 9.17) is 0 Å². The number of anilines is 2. The number of carbonyl (C=O) groups is 4. The van der Waals surface area contributed by atoms with Gasteiger partial charge in [-0.05, 0) is 107 Å². The van der Waals surface area contributed by atoms with E-state index >= 15 is 0 Å². The second kappa shape index (κ2) is 13.5. The number of hydrogen-bond donors (Lipinski definition) is 2. The summed E-state index contributed by atoms with van der Waals surface area (Å²) in [5, 5.41) is 5.02. The molecule has 2 N–H and O–H groups in total. The van der Waals surface area contributed by atoms with Crippen molar-refractivity contribution in [2.75, 3.05) is 10.2 Å². The number of amides is 4. The van der Waals surface area contributed by atoms with Crippen LogP contribution in [0.2, 0.25) is 0 Å². The van der Waals surface area contributed by atoms with E-state index in [0.29, 0.717) is 16.9 Å². The molecule has 0 bridgehead atoms. The van der Waals surface area contributed by atoms with Crippen LogP contribution < -0.4 is 15.5 Å². The number of thioether (sulfide) groups is 1. The first kappa shape index (κ1) is 29.7. The van der Waals surface area contributed by atoms with Gasteiger partial charge < -0.3 is 10.6 Å². The molecule has 7 nitrogen and oxygen atoms in total. The van der Waals surface area contributed by atoms with E-state index in [9.17, 15) is 19.2 Å². The van der Waals surface area contributed by atoms with Gasteiger partial charge in [0.1, 0.15) is 5.70 Å². The maximum absolute atomic E-state index is 13.3. The lowest BCUT2D eigenvalue weighted by molar-refractivity contribution is -0.121. The molecular formula is C32H23BrIN3O4S. The van der Waals surface area contributed by atoms with Gasteiger partial charge in [-0.2, -0.15) is 0 Å². The third kappa shape index (κ3) is 7.36. The zero-order chi connectivity index (χ0) is 29.6. The number of nitrogens with zero attached hydrogens (tertiary/aromatic N) is 1. The molecule has 0 aliphatic carbocycles. The Hall–Kier alpha value is -3.74. The van der Waals surface area contributed by atoms with E-state index in [1.54, 1.807) is 66.7 Å². The van der Waals surface area contributed by atoms with Crippen molar-refractivity contribution < 1.29 is 19.2 Å². The topological polar surface area (TPSA) is 95.6 Å². The molecule has 0 saturated carbocycles. The molecule has 1 atom stereocenters. The van der Waals surface area contributed by atoms with Crippen molar-refractivity contribution in [3.8, 4) is 0 Å². The van der Waals surface area contributed by atoms with E-state index in [1.165, 1.54) is 16.7 Å². The van der Waals surface area contributed by atoms with Crippen LogP contribution in [0.25, 0.3) is 6.08 Å². The van der Waals surface area contributed by atoms with Crippen LogP contribution in [0.3, 0.4) is 0 Å². The molecule has 42 heavy (non-hydrogen) atoms. The highest BCUT2D eigenvalue weighted by Crippen LogP contribution is 2.34. The van der Waals surface area contributed by atoms with Crippen molar-refractivity contribution in [2.24, 2.45) is 0 Å². The minimum absolute atomic E-state index is 0.0791. The van der Waals surface area contributed by atoms with Crippen molar-refractivity contribution in [1.82, 2.24) is 5.32 Å². The van der Waals surface area contributed by atoms with E-state index in [2.05, 4.69) is 49.2 Å². The van der Waals surface area contributed by atoms with Crippen molar-refractivity contribution in [3.05, 3.63) is 128 Å². The van der Waals surface area contributed by atoms with Crippen LogP contribution in [0.1, 0.15) is 22.3 Å². The van der Waals surface area contributed by atoms with Gasteiger partial charge in [0.2, 0.25) is 11.8 Å². The van der Waals surface area contributed by atoms with E-state index in [0.717, 1.165) is 18.5 Å². The summed E-state index contributed by atoms with van der Waals surface area (Å²) in [6.45, 7) is 0. The molecule has 210 valence electrons. The quantitative estimate of drug-likeness (QED) is 0.116. The minimum atomic E-state index is -0.536. The Morgan fingerprint density at radius 2 is 1.55 bits per heavy atom. The molecule has 1 aliphatic rings. The summed E-state index contributed by atoms with van der Waals surface area (Å²) in [5.41, 5.74) is 2.31. The van der Waals surface area contributed by atoms with Gasteiger partial charge in [0.15, 0.2) is 0 Å². The predicted molar refractivity (Wildman–Crippen MR) is 177 cm³/mol. The maximum atomic E-state index is 13.3. The molecule has 1 aliphatic heterocycles. The van der Waals surface area contributed by atoms with E-state index in [-0.39, 0.29) is 23.9 Å². The predicted octanol–water partition coefficient (Wildman–Crippen LogP) is 6.89. The first-order chi connectivity index (χ1) is 20.3. The maximum Gasteiger partial charge on any atom is 0.272 e. The van der Waals surface area contributed by atoms with Gasteiger partial charge in [0.05, 0.1) is 10.9 Å². The molecule has 1 unspecified atom stereocenters. The fourth-order valence-electron chi connectivity index (χ4n) is 4.21. The number of carbonyl (C=O) groups excluding carboxylic acids is 4. The first-order valence-corrected chi connectivity index (χ1v) is 15.6. The highest BCUT2D eigenvalue weighted by Gasteiger charge is 2.40. The van der Waals surface area contributed by atoms with E-state index in [1.807, 2.05) is 42.5 Å². The Morgan fingerprint density at radius 1 is 0.881 bits per heavy atom. The highest BCUT2D eigenvalue weighted by atomic mass is 127. The Kier molecular flexibility index (Phi) is 9.55. The van der Waals surface area contributed by atoms with Crippen molar-refractivity contribution >= 4 is 91.4 Å². The van der Waals surface area contributed by atoms with Crippen LogP contribution in [0.4, 0.5) is 11.4 Å². The number of imide groups is 1. The fraction of sp³-hybridized carbons (Fsp3) is 0.0625. The van der Waals surface area contributed by atoms with Crippen LogP contribution in [-0.2, 0) is 14.4 Å². The number of hydrogen-bond acceptors (Lipinski definition) is 5. The number of nitrogens with one attached hydrogen (secondary N) is 2. The smallest absolute Gasteiger partial charge is 0.272 e. The van der Waals surface area contributed by atoms with Crippen molar-refractivity contribution in [3.63, 3.8) is 0 Å². The second-order valence-electron chi connectivity index (χ2n) is 9.26. The average molecular weight is 752 g/mol. The highest BCUT2D eigenvalue weighted by molar-refractivity contribution is 14.1. The Bertz CT molecular complexity index is 1660. The summed E-state index contributed by atoms with van der Waals surface area (Å²) < 4.78 is 1.91. The first-order valence-electron chi connectivity index (χ1n) is 12.8. The largest absolute Gasteiger partial charge is 0.321 e. The molecule has 1 heterocycles. The molecule has 1 fully saturated rings. The molecule has 0 spiro atoms. The minimum Gasteiger partial charge on any atom is -0.321 e. The Morgan fingerprint density at radius 3 is 2.21 bits per heavy atom. The van der Waals surface area contributed by atoms with Crippen molar-refractivity contribution in [2.45, 2.75) is 16.6 Å². The van der Waals surface area contributed by atoms with Crippen LogP contribution in [0.15, 0.2) is 118 Å². The summed E-state index contributed by atoms with van der Waals surface area (Å²) in [6, 6.07) is 30.2. The van der Waals surface area contributed by atoms with Gasteiger partial charge in [-0.3, -0.25) is 19.2 Å². The lowest BCUT2D eigenvalue weighted by atomic mass is 10.1. The second-order valence-corrected chi connectivity index (χ2v) is 12.7. The molecule has 4 aromatic carbocycles. The lowest BCUT2D eigenvalue weighted by Crippen LogP contribution is -2.31. The van der Waals surface area contributed by atoms with Gasteiger partial charge in [-0.25, -0.2) is 4.90 Å². The zero-order valence-corrected chi connectivity index (χ0v) is 26.5.